The number of para-hydroxylation sites is 1. The van der Waals surface area contributed by atoms with Gasteiger partial charge in [-0.15, -0.1) is 0 Å². The molecule has 0 radical (unpaired) electrons. The van der Waals surface area contributed by atoms with Crippen LogP contribution in [0.3, 0.4) is 0 Å². The van der Waals surface area contributed by atoms with Gasteiger partial charge in [0.15, 0.2) is 0 Å². The lowest BCUT2D eigenvalue weighted by Gasteiger charge is -2.36. The second-order valence-corrected chi connectivity index (χ2v) is 5.69. The molecule has 1 N–H and O–H groups in total. The van der Waals surface area contributed by atoms with E-state index in [0.717, 1.165) is 26.2 Å². The van der Waals surface area contributed by atoms with Crippen molar-refractivity contribution in [2.24, 2.45) is 5.41 Å². The van der Waals surface area contributed by atoms with Crippen LogP contribution in [0.25, 0.3) is 0 Å². The van der Waals surface area contributed by atoms with Gasteiger partial charge in [-0.2, -0.15) is 0 Å². The lowest BCUT2D eigenvalue weighted by Crippen LogP contribution is -2.42. The summed E-state index contributed by atoms with van der Waals surface area (Å²) in [7, 11) is 0. The summed E-state index contributed by atoms with van der Waals surface area (Å²) in [4.78, 5) is 2.48. The summed E-state index contributed by atoms with van der Waals surface area (Å²) in [5, 5.41) is 3.58. The zero-order valence-corrected chi connectivity index (χ0v) is 13.1. The van der Waals surface area contributed by atoms with Crippen LogP contribution in [0, 0.1) is 5.41 Å². The third-order valence-corrected chi connectivity index (χ3v) is 3.91. The quantitative estimate of drug-likeness (QED) is 0.678. The summed E-state index contributed by atoms with van der Waals surface area (Å²) in [6.07, 6.45) is 2.41. The minimum absolute atomic E-state index is 0.334. The molecule has 0 spiro atoms. The molecule has 0 saturated heterocycles. The molecule has 19 heavy (non-hydrogen) atoms. The maximum Gasteiger partial charge on any atom is 0.0366 e. The molecular formula is C17H30N2. The molecule has 2 heteroatoms. The van der Waals surface area contributed by atoms with Gasteiger partial charge >= 0.3 is 0 Å². The lowest BCUT2D eigenvalue weighted by atomic mass is 9.86. The molecule has 0 aliphatic carbocycles. The normalized spacial score (nSPS) is 14.1. The van der Waals surface area contributed by atoms with Crippen LogP contribution in [0.1, 0.15) is 40.5 Å². The molecule has 0 saturated carbocycles. The zero-order valence-electron chi connectivity index (χ0n) is 13.1. The Morgan fingerprint density at radius 2 is 1.79 bits per heavy atom. The maximum atomic E-state index is 3.58. The Hall–Kier alpha value is -1.02. The van der Waals surface area contributed by atoms with E-state index < -0.39 is 0 Å². The molecule has 0 aromatic heterocycles. The fraction of sp³-hybridized carbons (Fsp3) is 0.647. The van der Waals surface area contributed by atoms with Gasteiger partial charge in [-0.3, -0.25) is 0 Å². The molecule has 0 heterocycles. The molecule has 0 bridgehead atoms. The number of anilines is 1. The van der Waals surface area contributed by atoms with Crippen molar-refractivity contribution in [2.75, 3.05) is 31.1 Å². The van der Waals surface area contributed by atoms with E-state index in [-0.39, 0.29) is 0 Å². The first-order valence-corrected chi connectivity index (χ1v) is 7.66. The molecule has 0 fully saturated rings. The SMILES string of the molecule is CCCNCC(C)(CC)CN(CC)c1ccccc1. The Balaban J connectivity index is 2.66. The predicted octanol–water partition coefficient (Wildman–Crippen LogP) is 3.93. The van der Waals surface area contributed by atoms with E-state index in [9.17, 15) is 0 Å². The van der Waals surface area contributed by atoms with Crippen molar-refractivity contribution in [1.82, 2.24) is 5.32 Å². The number of nitrogens with one attached hydrogen (secondary N) is 1. The molecular weight excluding hydrogens is 232 g/mol. The molecule has 0 amide bonds. The number of nitrogens with zero attached hydrogens (tertiary/aromatic N) is 1. The summed E-state index contributed by atoms with van der Waals surface area (Å²) in [6.45, 7) is 13.5. The number of hydrogen-bond donors (Lipinski definition) is 1. The summed E-state index contributed by atoms with van der Waals surface area (Å²) in [5.41, 5.74) is 1.67. The van der Waals surface area contributed by atoms with Gasteiger partial charge in [0.05, 0.1) is 0 Å². The molecule has 2 nitrogen and oxygen atoms in total. The maximum absolute atomic E-state index is 3.58. The van der Waals surface area contributed by atoms with Crippen molar-refractivity contribution in [3.8, 4) is 0 Å². The summed E-state index contributed by atoms with van der Waals surface area (Å²) in [5.74, 6) is 0. The molecule has 1 aromatic carbocycles. The Morgan fingerprint density at radius 1 is 1.11 bits per heavy atom. The first kappa shape index (κ1) is 16.0. The van der Waals surface area contributed by atoms with Crippen LogP contribution in [0.15, 0.2) is 30.3 Å². The molecule has 0 aliphatic heterocycles. The van der Waals surface area contributed by atoms with Crippen molar-refractivity contribution in [3.05, 3.63) is 30.3 Å². The largest absolute Gasteiger partial charge is 0.371 e. The van der Waals surface area contributed by atoms with E-state index in [2.05, 4.69) is 68.2 Å². The van der Waals surface area contributed by atoms with Gasteiger partial charge in [0, 0.05) is 25.3 Å². The van der Waals surface area contributed by atoms with Gasteiger partial charge in [0.2, 0.25) is 0 Å². The highest BCUT2D eigenvalue weighted by atomic mass is 15.1. The van der Waals surface area contributed by atoms with Crippen LogP contribution in [0.2, 0.25) is 0 Å². The number of hydrogen-bond acceptors (Lipinski definition) is 2. The topological polar surface area (TPSA) is 15.3 Å². The molecule has 1 rings (SSSR count). The van der Waals surface area contributed by atoms with Gasteiger partial charge in [-0.1, -0.05) is 39.0 Å². The van der Waals surface area contributed by atoms with E-state index in [1.807, 2.05) is 0 Å². The van der Waals surface area contributed by atoms with Gasteiger partial charge in [0.1, 0.15) is 0 Å². The van der Waals surface area contributed by atoms with Crippen LogP contribution in [0.5, 0.6) is 0 Å². The average molecular weight is 262 g/mol. The zero-order chi connectivity index (χ0) is 14.1. The Morgan fingerprint density at radius 3 is 2.32 bits per heavy atom. The highest BCUT2D eigenvalue weighted by Gasteiger charge is 2.24. The van der Waals surface area contributed by atoms with Crippen molar-refractivity contribution in [3.63, 3.8) is 0 Å². The Kier molecular flexibility index (Phi) is 6.93. The fourth-order valence-electron chi connectivity index (χ4n) is 2.34. The van der Waals surface area contributed by atoms with Crippen molar-refractivity contribution < 1.29 is 0 Å². The third kappa shape index (κ3) is 5.23. The summed E-state index contributed by atoms with van der Waals surface area (Å²) >= 11 is 0. The van der Waals surface area contributed by atoms with Crippen LogP contribution >= 0.6 is 0 Å². The first-order valence-electron chi connectivity index (χ1n) is 7.66. The first-order chi connectivity index (χ1) is 9.15. The smallest absolute Gasteiger partial charge is 0.0366 e. The fourth-order valence-corrected chi connectivity index (χ4v) is 2.34. The van der Waals surface area contributed by atoms with Crippen LogP contribution < -0.4 is 10.2 Å². The minimum Gasteiger partial charge on any atom is -0.371 e. The Bertz CT molecular complexity index is 336. The second-order valence-electron chi connectivity index (χ2n) is 5.69. The van der Waals surface area contributed by atoms with Crippen LogP contribution in [-0.2, 0) is 0 Å². The standard InChI is InChI=1S/C17H30N2/c1-5-13-18-14-17(4,6-2)15-19(7-3)16-11-9-8-10-12-16/h8-12,18H,5-7,13-15H2,1-4H3. The van der Waals surface area contributed by atoms with Crippen LogP contribution in [0.4, 0.5) is 5.69 Å². The minimum atomic E-state index is 0.334. The van der Waals surface area contributed by atoms with E-state index in [4.69, 9.17) is 0 Å². The van der Waals surface area contributed by atoms with Gasteiger partial charge in [-0.25, -0.2) is 0 Å². The Labute approximate surface area is 119 Å². The highest BCUT2D eigenvalue weighted by Crippen LogP contribution is 2.25. The van der Waals surface area contributed by atoms with Crippen molar-refractivity contribution in [1.29, 1.82) is 0 Å². The summed E-state index contributed by atoms with van der Waals surface area (Å²) in [6, 6.07) is 10.7. The molecule has 1 unspecified atom stereocenters. The second kappa shape index (κ2) is 8.21. The molecule has 1 aromatic rings. The van der Waals surface area contributed by atoms with Crippen molar-refractivity contribution in [2.45, 2.75) is 40.5 Å². The number of benzene rings is 1. The van der Waals surface area contributed by atoms with E-state index in [1.54, 1.807) is 0 Å². The van der Waals surface area contributed by atoms with Crippen molar-refractivity contribution >= 4 is 5.69 Å². The third-order valence-electron chi connectivity index (χ3n) is 3.91. The summed E-state index contributed by atoms with van der Waals surface area (Å²) < 4.78 is 0. The predicted molar refractivity (Wildman–Crippen MR) is 85.9 cm³/mol. The number of rotatable bonds is 9. The van der Waals surface area contributed by atoms with Crippen LogP contribution in [-0.4, -0.2) is 26.2 Å². The van der Waals surface area contributed by atoms with Gasteiger partial charge < -0.3 is 10.2 Å². The highest BCUT2D eigenvalue weighted by molar-refractivity contribution is 5.46. The molecule has 108 valence electrons. The van der Waals surface area contributed by atoms with E-state index in [1.165, 1.54) is 18.5 Å². The lowest BCUT2D eigenvalue weighted by molar-refractivity contribution is 0.296. The molecule has 0 aliphatic rings. The monoisotopic (exact) mass is 262 g/mol. The van der Waals surface area contributed by atoms with E-state index >= 15 is 0 Å². The average Bonchev–Trinajstić information content (AvgIpc) is 2.46. The van der Waals surface area contributed by atoms with E-state index in [0.29, 0.717) is 5.41 Å². The molecule has 1 atom stereocenters. The van der Waals surface area contributed by atoms with Gasteiger partial charge in [0.25, 0.3) is 0 Å². The van der Waals surface area contributed by atoms with Gasteiger partial charge in [-0.05, 0) is 43.9 Å².